The summed E-state index contributed by atoms with van der Waals surface area (Å²) in [5, 5.41) is 0. The molecule has 0 unspecified atom stereocenters. The summed E-state index contributed by atoms with van der Waals surface area (Å²) in [4.78, 5) is 34.1. The van der Waals surface area contributed by atoms with E-state index in [1.807, 2.05) is 0 Å². The molecule has 0 N–H and O–H groups in total. The number of carbonyl (C=O) groups is 3. The Morgan fingerprint density at radius 1 is 0.950 bits per heavy atom. The van der Waals surface area contributed by atoms with Crippen LogP contribution in [-0.2, 0) is 28.6 Å². The Hall–Kier alpha value is -1.85. The minimum atomic E-state index is -0.983. The standard InChI is InChI=1S/C14H22O6/c1-5-18-13(16)12(14(17)19-6-2)9-10(3)7-8-20-11(4)15/h7,12H,5-6,8-9H2,1-4H3/b10-7+. The van der Waals surface area contributed by atoms with Crippen LogP contribution in [0.15, 0.2) is 11.6 Å². The SMILES string of the molecule is CCOC(=O)C(C/C(C)=C/COC(C)=O)C(=O)OCC. The predicted octanol–water partition coefficient (Wildman–Crippen LogP) is 1.63. The summed E-state index contributed by atoms with van der Waals surface area (Å²) >= 11 is 0. The molecule has 0 aliphatic heterocycles. The molecule has 6 heteroatoms. The highest BCUT2D eigenvalue weighted by Gasteiger charge is 2.29. The van der Waals surface area contributed by atoms with E-state index in [1.165, 1.54) is 6.92 Å². The number of ether oxygens (including phenoxy) is 3. The second-order valence-electron chi connectivity index (χ2n) is 4.11. The van der Waals surface area contributed by atoms with Crippen molar-refractivity contribution in [2.24, 2.45) is 5.92 Å². The predicted molar refractivity (Wildman–Crippen MR) is 71.8 cm³/mol. The van der Waals surface area contributed by atoms with Crippen molar-refractivity contribution in [2.75, 3.05) is 19.8 Å². The van der Waals surface area contributed by atoms with Gasteiger partial charge >= 0.3 is 17.9 Å². The van der Waals surface area contributed by atoms with E-state index >= 15 is 0 Å². The molecule has 0 saturated carbocycles. The van der Waals surface area contributed by atoms with E-state index in [0.717, 1.165) is 5.57 Å². The quantitative estimate of drug-likeness (QED) is 0.292. The van der Waals surface area contributed by atoms with Crippen molar-refractivity contribution in [1.29, 1.82) is 0 Å². The lowest BCUT2D eigenvalue weighted by Gasteiger charge is -2.14. The number of hydrogen-bond acceptors (Lipinski definition) is 6. The van der Waals surface area contributed by atoms with Crippen molar-refractivity contribution in [3.8, 4) is 0 Å². The zero-order valence-electron chi connectivity index (χ0n) is 12.4. The third-order valence-corrected chi connectivity index (χ3v) is 2.39. The zero-order valence-corrected chi connectivity index (χ0v) is 12.4. The van der Waals surface area contributed by atoms with E-state index in [0.29, 0.717) is 0 Å². The molecule has 0 atom stereocenters. The molecular weight excluding hydrogens is 264 g/mol. The van der Waals surface area contributed by atoms with Gasteiger partial charge in [0.05, 0.1) is 13.2 Å². The summed E-state index contributed by atoms with van der Waals surface area (Å²) in [6.45, 7) is 6.90. The van der Waals surface area contributed by atoms with Gasteiger partial charge in [-0.05, 0) is 33.3 Å². The molecule has 0 aromatic heterocycles. The molecule has 0 bridgehead atoms. The lowest BCUT2D eigenvalue weighted by molar-refractivity contribution is -0.161. The number of carbonyl (C=O) groups excluding carboxylic acids is 3. The van der Waals surface area contributed by atoms with E-state index in [1.54, 1.807) is 26.8 Å². The Morgan fingerprint density at radius 2 is 1.45 bits per heavy atom. The molecule has 0 spiro atoms. The Balaban J connectivity index is 4.66. The highest BCUT2D eigenvalue weighted by Crippen LogP contribution is 2.15. The Morgan fingerprint density at radius 3 is 1.85 bits per heavy atom. The van der Waals surface area contributed by atoms with E-state index < -0.39 is 17.9 Å². The molecule has 114 valence electrons. The van der Waals surface area contributed by atoms with Crippen LogP contribution in [0.2, 0.25) is 0 Å². The van der Waals surface area contributed by atoms with Gasteiger partial charge in [-0.25, -0.2) is 0 Å². The molecule has 6 nitrogen and oxygen atoms in total. The maximum Gasteiger partial charge on any atom is 0.320 e. The van der Waals surface area contributed by atoms with Gasteiger partial charge in [0.1, 0.15) is 6.61 Å². The number of allylic oxidation sites excluding steroid dienone is 1. The summed E-state index contributed by atoms with van der Waals surface area (Å²) in [5.74, 6) is -2.58. The van der Waals surface area contributed by atoms with Gasteiger partial charge in [-0.1, -0.05) is 5.57 Å². The first kappa shape index (κ1) is 18.1. The summed E-state index contributed by atoms with van der Waals surface area (Å²) < 4.78 is 14.5. The highest BCUT2D eigenvalue weighted by atomic mass is 16.6. The van der Waals surface area contributed by atoms with Gasteiger partial charge < -0.3 is 14.2 Å². The van der Waals surface area contributed by atoms with E-state index in [9.17, 15) is 14.4 Å². The van der Waals surface area contributed by atoms with Crippen LogP contribution in [0.1, 0.15) is 34.1 Å². The first-order chi connectivity index (χ1) is 9.42. The molecule has 0 radical (unpaired) electrons. The molecule has 0 aliphatic carbocycles. The van der Waals surface area contributed by atoms with Crippen LogP contribution in [-0.4, -0.2) is 37.7 Å². The Kier molecular flexibility index (Phi) is 9.07. The van der Waals surface area contributed by atoms with Crippen molar-refractivity contribution in [1.82, 2.24) is 0 Å². The molecular formula is C14H22O6. The highest BCUT2D eigenvalue weighted by molar-refractivity contribution is 5.95. The van der Waals surface area contributed by atoms with Crippen molar-refractivity contribution in [2.45, 2.75) is 34.1 Å². The fourth-order valence-corrected chi connectivity index (χ4v) is 1.46. The van der Waals surface area contributed by atoms with Crippen LogP contribution in [0.25, 0.3) is 0 Å². The lowest BCUT2D eigenvalue weighted by Crippen LogP contribution is -2.28. The molecule has 0 rings (SSSR count). The maximum atomic E-state index is 11.7. The zero-order chi connectivity index (χ0) is 15.5. The first-order valence-electron chi connectivity index (χ1n) is 6.54. The normalized spacial score (nSPS) is 11.2. The lowest BCUT2D eigenvalue weighted by atomic mass is 10.0. The second-order valence-corrected chi connectivity index (χ2v) is 4.11. The average molecular weight is 286 g/mol. The van der Waals surface area contributed by atoms with Gasteiger partial charge in [0, 0.05) is 6.92 Å². The maximum absolute atomic E-state index is 11.7. The second kappa shape index (κ2) is 10.00. The molecule has 0 fully saturated rings. The summed E-state index contributed by atoms with van der Waals surface area (Å²) in [6.07, 6.45) is 1.83. The van der Waals surface area contributed by atoms with Crippen LogP contribution in [0.4, 0.5) is 0 Å². The first-order valence-corrected chi connectivity index (χ1v) is 6.54. The van der Waals surface area contributed by atoms with Gasteiger partial charge in [-0.15, -0.1) is 0 Å². The van der Waals surface area contributed by atoms with Gasteiger partial charge in [-0.3, -0.25) is 14.4 Å². The van der Waals surface area contributed by atoms with Crippen LogP contribution in [0.5, 0.6) is 0 Å². The topological polar surface area (TPSA) is 78.9 Å². The van der Waals surface area contributed by atoms with Crippen LogP contribution in [0.3, 0.4) is 0 Å². The average Bonchev–Trinajstić information content (AvgIpc) is 2.35. The largest absolute Gasteiger partial charge is 0.465 e. The number of rotatable bonds is 8. The van der Waals surface area contributed by atoms with Gasteiger partial charge in [0.15, 0.2) is 5.92 Å². The Labute approximate surface area is 119 Å². The molecule has 0 saturated heterocycles. The Bertz CT molecular complexity index is 354. The van der Waals surface area contributed by atoms with Crippen molar-refractivity contribution in [3.05, 3.63) is 11.6 Å². The third kappa shape index (κ3) is 7.56. The van der Waals surface area contributed by atoms with E-state index in [2.05, 4.69) is 0 Å². The van der Waals surface area contributed by atoms with Crippen LogP contribution >= 0.6 is 0 Å². The number of hydrogen-bond donors (Lipinski definition) is 0. The van der Waals surface area contributed by atoms with Crippen molar-refractivity contribution in [3.63, 3.8) is 0 Å². The van der Waals surface area contributed by atoms with Crippen molar-refractivity contribution >= 4 is 17.9 Å². The third-order valence-electron chi connectivity index (χ3n) is 2.39. The van der Waals surface area contributed by atoms with Gasteiger partial charge in [-0.2, -0.15) is 0 Å². The summed E-state index contributed by atoms with van der Waals surface area (Å²) in [6, 6.07) is 0. The van der Waals surface area contributed by atoms with E-state index in [4.69, 9.17) is 14.2 Å². The molecule has 0 aromatic carbocycles. The molecule has 0 heterocycles. The molecule has 20 heavy (non-hydrogen) atoms. The number of esters is 3. The van der Waals surface area contributed by atoms with Crippen LogP contribution in [0, 0.1) is 5.92 Å². The van der Waals surface area contributed by atoms with Crippen LogP contribution < -0.4 is 0 Å². The molecule has 0 amide bonds. The van der Waals surface area contributed by atoms with Crippen molar-refractivity contribution < 1.29 is 28.6 Å². The molecule has 0 aliphatic rings. The van der Waals surface area contributed by atoms with E-state index in [-0.39, 0.29) is 32.2 Å². The monoisotopic (exact) mass is 286 g/mol. The minimum Gasteiger partial charge on any atom is -0.465 e. The van der Waals surface area contributed by atoms with Gasteiger partial charge in [0.2, 0.25) is 0 Å². The fourth-order valence-electron chi connectivity index (χ4n) is 1.46. The summed E-state index contributed by atoms with van der Waals surface area (Å²) in [7, 11) is 0. The minimum absolute atomic E-state index is 0.111. The molecule has 0 aromatic rings. The smallest absolute Gasteiger partial charge is 0.320 e. The summed E-state index contributed by atoms with van der Waals surface area (Å²) in [5.41, 5.74) is 0.748. The fraction of sp³-hybridized carbons (Fsp3) is 0.643. The van der Waals surface area contributed by atoms with Gasteiger partial charge in [0.25, 0.3) is 0 Å².